The van der Waals surface area contributed by atoms with Crippen molar-refractivity contribution >= 4 is 5.91 Å². The molecule has 0 radical (unpaired) electrons. The first kappa shape index (κ1) is 30.3. The lowest BCUT2D eigenvalue weighted by Gasteiger charge is -2.44. The van der Waals surface area contributed by atoms with E-state index in [1.807, 2.05) is 79.7 Å². The largest absolute Gasteiger partial charge is 0.497 e. The normalized spacial score (nSPS) is 16.2. The first-order valence-corrected chi connectivity index (χ1v) is 14.9. The molecule has 1 amide bonds. The monoisotopic (exact) mass is 578 g/mol. The molecule has 1 saturated heterocycles. The summed E-state index contributed by atoms with van der Waals surface area (Å²) in [5.41, 5.74) is 4.86. The van der Waals surface area contributed by atoms with Crippen molar-refractivity contribution in [2.24, 2.45) is 0 Å². The maximum Gasteiger partial charge on any atom is 0.253 e. The first-order chi connectivity index (χ1) is 20.8. The van der Waals surface area contributed by atoms with Gasteiger partial charge in [-0.3, -0.25) is 9.69 Å². The van der Waals surface area contributed by atoms with Crippen LogP contribution in [-0.4, -0.2) is 61.2 Å². The van der Waals surface area contributed by atoms with Gasteiger partial charge in [0.05, 0.1) is 26.4 Å². The molecule has 4 aromatic rings. The quantitative estimate of drug-likeness (QED) is 0.233. The molecule has 4 aromatic carbocycles. The SMILES string of the molecule is COc1ccc(C2(c3ccc(OC)cc3)CCCN(Cc3cccc(C(=O)N(C)C(C)C(O)c4ccccc4)c3)C2)cc1. The standard InChI is InChI=1S/C37H42N2O4/c1-27(35(40)29-11-6-5-7-12-29)38(2)36(41)30-13-8-10-28(24-30)25-39-23-9-22-37(26-39,31-14-18-33(42-3)19-15-31)32-16-20-34(43-4)21-17-32/h5-8,10-21,24,27,35,40H,9,22-23,25-26H2,1-4H3. The van der Waals surface area contributed by atoms with Crippen LogP contribution >= 0.6 is 0 Å². The molecule has 0 aromatic heterocycles. The van der Waals surface area contributed by atoms with Gasteiger partial charge in [0.2, 0.25) is 0 Å². The summed E-state index contributed by atoms with van der Waals surface area (Å²) in [6, 6.07) is 33.9. The van der Waals surface area contributed by atoms with Crippen molar-refractivity contribution in [3.8, 4) is 11.5 Å². The molecule has 43 heavy (non-hydrogen) atoms. The van der Waals surface area contributed by atoms with E-state index in [4.69, 9.17) is 9.47 Å². The average Bonchev–Trinajstić information content (AvgIpc) is 3.07. The maximum atomic E-state index is 13.5. The summed E-state index contributed by atoms with van der Waals surface area (Å²) in [7, 11) is 5.15. The van der Waals surface area contributed by atoms with Gasteiger partial charge in [-0.05, 0) is 85.0 Å². The minimum Gasteiger partial charge on any atom is -0.497 e. The summed E-state index contributed by atoms with van der Waals surface area (Å²) < 4.78 is 10.9. The molecule has 2 unspecified atom stereocenters. The number of amides is 1. The number of piperidine rings is 1. The highest BCUT2D eigenvalue weighted by Gasteiger charge is 2.39. The Bertz CT molecular complexity index is 1440. The second kappa shape index (κ2) is 13.4. The molecule has 1 heterocycles. The minimum atomic E-state index is -0.768. The van der Waals surface area contributed by atoms with Crippen LogP contribution in [-0.2, 0) is 12.0 Å². The van der Waals surface area contributed by atoms with Crippen LogP contribution in [0.2, 0.25) is 0 Å². The highest BCUT2D eigenvalue weighted by atomic mass is 16.5. The molecule has 0 spiro atoms. The molecule has 0 saturated carbocycles. The van der Waals surface area contributed by atoms with Crippen LogP contribution in [0.4, 0.5) is 0 Å². The van der Waals surface area contributed by atoms with Crippen LogP contribution in [0, 0.1) is 0 Å². The average molecular weight is 579 g/mol. The number of hydrogen-bond donors (Lipinski definition) is 1. The number of likely N-dealkylation sites (tertiary alicyclic amines) is 1. The Morgan fingerprint density at radius 3 is 2.07 bits per heavy atom. The topological polar surface area (TPSA) is 62.2 Å². The van der Waals surface area contributed by atoms with Crippen molar-refractivity contribution in [2.45, 2.75) is 43.9 Å². The number of carbonyl (C=O) groups is 1. The lowest BCUT2D eigenvalue weighted by atomic mass is 9.69. The van der Waals surface area contributed by atoms with Crippen LogP contribution in [0.5, 0.6) is 11.5 Å². The van der Waals surface area contributed by atoms with E-state index < -0.39 is 6.10 Å². The molecule has 1 aliphatic heterocycles. The predicted octanol–water partition coefficient (Wildman–Crippen LogP) is 6.48. The zero-order valence-electron chi connectivity index (χ0n) is 25.6. The molecule has 1 N–H and O–H groups in total. The smallest absolute Gasteiger partial charge is 0.253 e. The first-order valence-electron chi connectivity index (χ1n) is 14.9. The predicted molar refractivity (Wildman–Crippen MR) is 171 cm³/mol. The van der Waals surface area contributed by atoms with Crippen molar-refractivity contribution in [2.75, 3.05) is 34.4 Å². The fraction of sp³-hybridized carbons (Fsp3) is 0.324. The van der Waals surface area contributed by atoms with Crippen molar-refractivity contribution in [1.29, 1.82) is 0 Å². The van der Waals surface area contributed by atoms with E-state index in [9.17, 15) is 9.90 Å². The Morgan fingerprint density at radius 2 is 1.49 bits per heavy atom. The molecule has 6 heteroatoms. The van der Waals surface area contributed by atoms with Crippen LogP contribution in [0.3, 0.4) is 0 Å². The van der Waals surface area contributed by atoms with E-state index in [0.717, 1.165) is 55.1 Å². The van der Waals surface area contributed by atoms with Gasteiger partial charge in [0.1, 0.15) is 11.5 Å². The number of nitrogens with zero attached hydrogens (tertiary/aromatic N) is 2. The molecule has 0 bridgehead atoms. The molecule has 1 fully saturated rings. The van der Waals surface area contributed by atoms with Crippen molar-refractivity contribution in [1.82, 2.24) is 9.80 Å². The third-order valence-corrected chi connectivity index (χ3v) is 8.97. The highest BCUT2D eigenvalue weighted by molar-refractivity contribution is 5.94. The van der Waals surface area contributed by atoms with Gasteiger partial charge in [-0.25, -0.2) is 0 Å². The number of ether oxygens (including phenoxy) is 2. The Hall–Kier alpha value is -4.13. The Labute approximate surface area is 255 Å². The molecule has 5 rings (SSSR count). The van der Waals surface area contributed by atoms with Gasteiger partial charge in [0, 0.05) is 31.1 Å². The number of hydrogen-bond acceptors (Lipinski definition) is 5. The number of benzene rings is 4. The van der Waals surface area contributed by atoms with Crippen LogP contribution in [0.25, 0.3) is 0 Å². The lowest BCUT2D eigenvalue weighted by Crippen LogP contribution is -2.46. The summed E-state index contributed by atoms with van der Waals surface area (Å²) >= 11 is 0. The van der Waals surface area contributed by atoms with Gasteiger partial charge in [-0.2, -0.15) is 0 Å². The second-order valence-corrected chi connectivity index (χ2v) is 11.6. The molecule has 6 nitrogen and oxygen atoms in total. The van der Waals surface area contributed by atoms with E-state index in [0.29, 0.717) is 5.56 Å². The van der Waals surface area contributed by atoms with Crippen LogP contribution in [0.15, 0.2) is 103 Å². The number of rotatable bonds is 10. The van der Waals surface area contributed by atoms with E-state index >= 15 is 0 Å². The number of aliphatic hydroxyl groups excluding tert-OH is 1. The van der Waals surface area contributed by atoms with Crippen LogP contribution < -0.4 is 9.47 Å². The second-order valence-electron chi connectivity index (χ2n) is 11.6. The molecule has 224 valence electrons. The van der Waals surface area contributed by atoms with Gasteiger partial charge in [-0.15, -0.1) is 0 Å². The zero-order chi connectivity index (χ0) is 30.4. The summed E-state index contributed by atoms with van der Waals surface area (Å²) in [4.78, 5) is 17.7. The fourth-order valence-electron chi connectivity index (χ4n) is 6.33. The third-order valence-electron chi connectivity index (χ3n) is 8.97. The van der Waals surface area contributed by atoms with E-state index in [2.05, 4.69) is 35.2 Å². The number of methoxy groups -OCH3 is 2. The molecular formula is C37H42N2O4. The zero-order valence-corrected chi connectivity index (χ0v) is 25.6. The Kier molecular flexibility index (Phi) is 9.49. The van der Waals surface area contributed by atoms with E-state index in [-0.39, 0.29) is 17.4 Å². The maximum absolute atomic E-state index is 13.5. The third kappa shape index (κ3) is 6.61. The summed E-state index contributed by atoms with van der Waals surface area (Å²) in [5.74, 6) is 1.59. The minimum absolute atomic E-state index is 0.103. The van der Waals surface area contributed by atoms with Gasteiger partial charge < -0.3 is 19.5 Å². The summed E-state index contributed by atoms with van der Waals surface area (Å²) in [5, 5.41) is 10.9. The van der Waals surface area contributed by atoms with Crippen molar-refractivity contribution in [3.05, 3.63) is 131 Å². The number of carbonyl (C=O) groups excluding carboxylic acids is 1. The Balaban J connectivity index is 1.36. The van der Waals surface area contributed by atoms with Gasteiger partial charge >= 0.3 is 0 Å². The van der Waals surface area contributed by atoms with Gasteiger partial charge in [0.25, 0.3) is 5.91 Å². The molecule has 0 aliphatic carbocycles. The molecule has 2 atom stereocenters. The fourth-order valence-corrected chi connectivity index (χ4v) is 6.33. The van der Waals surface area contributed by atoms with Crippen molar-refractivity contribution < 1.29 is 19.4 Å². The van der Waals surface area contributed by atoms with Gasteiger partial charge in [0.15, 0.2) is 0 Å². The highest BCUT2D eigenvalue weighted by Crippen LogP contribution is 2.42. The van der Waals surface area contributed by atoms with Crippen molar-refractivity contribution in [3.63, 3.8) is 0 Å². The summed E-state index contributed by atoms with van der Waals surface area (Å²) in [6.45, 7) is 4.45. The lowest BCUT2D eigenvalue weighted by molar-refractivity contribution is 0.0486. The molecule has 1 aliphatic rings. The van der Waals surface area contributed by atoms with Gasteiger partial charge in [-0.1, -0.05) is 66.7 Å². The van der Waals surface area contributed by atoms with Crippen LogP contribution in [0.1, 0.15) is 58.5 Å². The van der Waals surface area contributed by atoms with E-state index in [1.165, 1.54) is 11.1 Å². The Morgan fingerprint density at radius 1 is 0.884 bits per heavy atom. The number of likely N-dealkylation sites (N-methyl/N-ethyl adjacent to an activating group) is 1. The van der Waals surface area contributed by atoms with E-state index in [1.54, 1.807) is 26.2 Å². The molecular weight excluding hydrogens is 536 g/mol. The number of aliphatic hydroxyl groups is 1. The summed E-state index contributed by atoms with van der Waals surface area (Å²) in [6.07, 6.45) is 1.32.